The molecule has 1 unspecified atom stereocenters. The third-order valence-electron chi connectivity index (χ3n) is 3.52. The number of nitrogens with one attached hydrogen (secondary N) is 1. The summed E-state index contributed by atoms with van der Waals surface area (Å²) in [5.74, 6) is 3.51. The van der Waals surface area contributed by atoms with E-state index >= 15 is 0 Å². The molecule has 2 nitrogen and oxygen atoms in total. The molecule has 0 aliphatic carbocycles. The molecule has 0 bridgehead atoms. The van der Waals surface area contributed by atoms with E-state index in [1.165, 1.54) is 34.3 Å². The predicted octanol–water partition coefficient (Wildman–Crippen LogP) is 3.08. The van der Waals surface area contributed by atoms with Gasteiger partial charge in [0.1, 0.15) is 0 Å². The van der Waals surface area contributed by atoms with Gasteiger partial charge in [-0.2, -0.15) is 11.8 Å². The standard InChI is InChI=1S/C15H18N2S/c1-2-4-15-13(3-1)8-17-10-14(15)9-16-7-12-5-6-18-11-12/h1-4,8,10,12,16H,5-7,9,11H2. The molecule has 1 fully saturated rings. The lowest BCUT2D eigenvalue weighted by atomic mass is 10.1. The van der Waals surface area contributed by atoms with Gasteiger partial charge in [0.05, 0.1) is 0 Å². The first-order valence-electron chi connectivity index (χ1n) is 6.53. The molecule has 1 saturated heterocycles. The maximum atomic E-state index is 4.32. The van der Waals surface area contributed by atoms with Gasteiger partial charge in [-0.25, -0.2) is 0 Å². The van der Waals surface area contributed by atoms with Crippen LogP contribution in [-0.4, -0.2) is 23.0 Å². The molecule has 18 heavy (non-hydrogen) atoms. The topological polar surface area (TPSA) is 24.9 Å². The molecule has 2 heterocycles. The number of thioether (sulfide) groups is 1. The van der Waals surface area contributed by atoms with Crippen LogP contribution in [0.15, 0.2) is 36.7 Å². The van der Waals surface area contributed by atoms with E-state index in [0.29, 0.717) is 0 Å². The van der Waals surface area contributed by atoms with Crippen molar-refractivity contribution >= 4 is 22.5 Å². The summed E-state index contributed by atoms with van der Waals surface area (Å²) in [5, 5.41) is 6.13. The third-order valence-corrected chi connectivity index (χ3v) is 4.75. The van der Waals surface area contributed by atoms with Crippen molar-refractivity contribution in [1.82, 2.24) is 10.3 Å². The first kappa shape index (κ1) is 12.0. The van der Waals surface area contributed by atoms with E-state index < -0.39 is 0 Å². The van der Waals surface area contributed by atoms with Crippen molar-refractivity contribution in [2.45, 2.75) is 13.0 Å². The Labute approximate surface area is 112 Å². The molecule has 3 rings (SSSR count). The lowest BCUT2D eigenvalue weighted by Gasteiger charge is -2.11. The first-order chi connectivity index (χ1) is 8.93. The van der Waals surface area contributed by atoms with Crippen LogP contribution in [0.4, 0.5) is 0 Å². The molecule has 1 N–H and O–H groups in total. The Hall–Kier alpha value is -1.06. The molecule has 1 aliphatic rings. The van der Waals surface area contributed by atoms with Crippen molar-refractivity contribution in [2.24, 2.45) is 5.92 Å². The van der Waals surface area contributed by atoms with Crippen molar-refractivity contribution in [3.8, 4) is 0 Å². The van der Waals surface area contributed by atoms with E-state index in [4.69, 9.17) is 0 Å². The van der Waals surface area contributed by atoms with Gasteiger partial charge in [-0.15, -0.1) is 0 Å². The fourth-order valence-corrected chi connectivity index (χ4v) is 3.76. The number of benzene rings is 1. The molecule has 0 radical (unpaired) electrons. The van der Waals surface area contributed by atoms with Gasteiger partial charge in [-0.1, -0.05) is 24.3 Å². The fraction of sp³-hybridized carbons (Fsp3) is 0.400. The molecular formula is C15H18N2S. The number of hydrogen-bond acceptors (Lipinski definition) is 3. The summed E-state index contributed by atoms with van der Waals surface area (Å²) in [6.07, 6.45) is 5.29. The predicted molar refractivity (Wildman–Crippen MR) is 78.9 cm³/mol. The van der Waals surface area contributed by atoms with Gasteiger partial charge in [-0.05, 0) is 41.3 Å². The molecule has 0 spiro atoms. The average Bonchev–Trinajstić information content (AvgIpc) is 2.92. The van der Waals surface area contributed by atoms with Gasteiger partial charge in [0, 0.05) is 24.3 Å². The second-order valence-corrected chi connectivity index (χ2v) is 6.03. The number of nitrogens with zero attached hydrogens (tertiary/aromatic N) is 1. The first-order valence-corrected chi connectivity index (χ1v) is 7.69. The lowest BCUT2D eigenvalue weighted by molar-refractivity contribution is 0.524. The van der Waals surface area contributed by atoms with Gasteiger partial charge in [0.2, 0.25) is 0 Å². The molecule has 1 atom stereocenters. The van der Waals surface area contributed by atoms with Gasteiger partial charge in [-0.3, -0.25) is 4.98 Å². The van der Waals surface area contributed by atoms with Crippen molar-refractivity contribution in [3.63, 3.8) is 0 Å². The summed E-state index contributed by atoms with van der Waals surface area (Å²) < 4.78 is 0. The molecule has 0 saturated carbocycles. The second kappa shape index (κ2) is 5.72. The third kappa shape index (κ3) is 2.68. The average molecular weight is 258 g/mol. The van der Waals surface area contributed by atoms with E-state index in [1.54, 1.807) is 0 Å². The molecule has 1 aromatic carbocycles. The van der Waals surface area contributed by atoms with Crippen LogP contribution in [0, 0.1) is 5.92 Å². The Morgan fingerprint density at radius 1 is 1.28 bits per heavy atom. The summed E-state index contributed by atoms with van der Waals surface area (Å²) in [6, 6.07) is 8.47. The molecule has 0 amide bonds. The Morgan fingerprint density at radius 2 is 2.22 bits per heavy atom. The molecular weight excluding hydrogens is 240 g/mol. The van der Waals surface area contributed by atoms with Crippen molar-refractivity contribution < 1.29 is 0 Å². The van der Waals surface area contributed by atoms with Crippen LogP contribution in [-0.2, 0) is 6.54 Å². The fourth-order valence-electron chi connectivity index (χ4n) is 2.48. The highest BCUT2D eigenvalue weighted by atomic mass is 32.2. The Balaban J connectivity index is 1.66. The largest absolute Gasteiger partial charge is 0.312 e. The van der Waals surface area contributed by atoms with Crippen LogP contribution < -0.4 is 5.32 Å². The molecule has 2 aromatic rings. The van der Waals surface area contributed by atoms with Crippen LogP contribution >= 0.6 is 11.8 Å². The Kier molecular flexibility index (Phi) is 3.81. The normalized spacial score (nSPS) is 19.4. The zero-order valence-electron chi connectivity index (χ0n) is 10.4. The number of rotatable bonds is 4. The minimum atomic E-state index is 0.859. The van der Waals surface area contributed by atoms with Gasteiger partial charge >= 0.3 is 0 Å². The van der Waals surface area contributed by atoms with Crippen molar-refractivity contribution in [2.75, 3.05) is 18.1 Å². The highest BCUT2D eigenvalue weighted by Gasteiger charge is 2.14. The van der Waals surface area contributed by atoms with E-state index in [9.17, 15) is 0 Å². The summed E-state index contributed by atoms with van der Waals surface area (Å²) in [6.45, 7) is 2.06. The monoisotopic (exact) mass is 258 g/mol. The number of fused-ring (bicyclic) bond motifs is 1. The maximum Gasteiger partial charge on any atom is 0.0346 e. The number of aromatic nitrogens is 1. The van der Waals surface area contributed by atoms with E-state index in [2.05, 4.69) is 46.3 Å². The van der Waals surface area contributed by atoms with Gasteiger partial charge in [0.15, 0.2) is 0 Å². The van der Waals surface area contributed by atoms with E-state index in [0.717, 1.165) is 19.0 Å². The van der Waals surface area contributed by atoms with Crippen LogP contribution in [0.25, 0.3) is 10.8 Å². The highest BCUT2D eigenvalue weighted by Crippen LogP contribution is 2.23. The van der Waals surface area contributed by atoms with Crippen LogP contribution in [0.2, 0.25) is 0 Å². The lowest BCUT2D eigenvalue weighted by Crippen LogP contribution is -2.22. The molecule has 94 valence electrons. The van der Waals surface area contributed by atoms with Crippen LogP contribution in [0.1, 0.15) is 12.0 Å². The quantitative estimate of drug-likeness (QED) is 0.912. The molecule has 1 aliphatic heterocycles. The summed E-state index contributed by atoms with van der Waals surface area (Å²) in [4.78, 5) is 4.32. The smallest absolute Gasteiger partial charge is 0.0346 e. The summed E-state index contributed by atoms with van der Waals surface area (Å²) in [5.41, 5.74) is 1.30. The van der Waals surface area contributed by atoms with E-state index in [1.807, 2.05) is 12.4 Å². The Morgan fingerprint density at radius 3 is 3.11 bits per heavy atom. The van der Waals surface area contributed by atoms with Crippen molar-refractivity contribution in [1.29, 1.82) is 0 Å². The maximum absolute atomic E-state index is 4.32. The van der Waals surface area contributed by atoms with E-state index in [-0.39, 0.29) is 0 Å². The molecule has 3 heteroatoms. The SMILES string of the molecule is c1ccc2c(CNCC3CCSC3)cncc2c1. The summed E-state index contributed by atoms with van der Waals surface area (Å²) >= 11 is 2.08. The van der Waals surface area contributed by atoms with Crippen molar-refractivity contribution in [3.05, 3.63) is 42.2 Å². The Bertz CT molecular complexity index is 515. The van der Waals surface area contributed by atoms with Gasteiger partial charge in [0.25, 0.3) is 0 Å². The zero-order chi connectivity index (χ0) is 12.2. The summed E-state index contributed by atoms with van der Waals surface area (Å²) in [7, 11) is 0. The highest BCUT2D eigenvalue weighted by molar-refractivity contribution is 7.99. The van der Waals surface area contributed by atoms with Crippen LogP contribution in [0.3, 0.4) is 0 Å². The van der Waals surface area contributed by atoms with Gasteiger partial charge < -0.3 is 5.32 Å². The number of pyridine rings is 1. The molecule has 1 aromatic heterocycles. The van der Waals surface area contributed by atoms with Crippen LogP contribution in [0.5, 0.6) is 0 Å². The minimum absolute atomic E-state index is 0.859. The second-order valence-electron chi connectivity index (χ2n) is 4.88. The number of hydrogen-bond donors (Lipinski definition) is 1. The zero-order valence-corrected chi connectivity index (χ0v) is 11.2. The minimum Gasteiger partial charge on any atom is -0.312 e.